The number of hydrogen-bond donors (Lipinski definition) is 2. The van der Waals surface area contributed by atoms with Crippen LogP contribution in [0.4, 0.5) is 18.9 Å². The van der Waals surface area contributed by atoms with E-state index in [0.29, 0.717) is 12.8 Å². The van der Waals surface area contributed by atoms with Crippen molar-refractivity contribution < 1.29 is 18.3 Å². The molecule has 1 aromatic rings. The number of aliphatic hydroxyl groups is 1. The van der Waals surface area contributed by atoms with Crippen LogP contribution in [0, 0.1) is 0 Å². The SMILES string of the molecule is OC1(CNc2cc(Cl)cc(C(F)(F)F)c2)CCCCC1. The summed E-state index contributed by atoms with van der Waals surface area (Å²) in [6.07, 6.45) is -0.0940. The largest absolute Gasteiger partial charge is 0.416 e. The molecule has 0 radical (unpaired) electrons. The Hall–Kier alpha value is -0.940. The number of hydrogen-bond acceptors (Lipinski definition) is 2. The molecule has 6 heteroatoms. The van der Waals surface area contributed by atoms with Gasteiger partial charge in [-0.1, -0.05) is 30.9 Å². The maximum Gasteiger partial charge on any atom is 0.416 e. The van der Waals surface area contributed by atoms with Crippen molar-refractivity contribution in [3.8, 4) is 0 Å². The molecule has 0 amide bonds. The molecular formula is C14H17ClF3NO. The molecule has 0 bridgehead atoms. The van der Waals surface area contributed by atoms with Gasteiger partial charge in [-0.3, -0.25) is 0 Å². The average Bonchev–Trinajstić information content (AvgIpc) is 2.36. The van der Waals surface area contributed by atoms with Crippen LogP contribution in [0.5, 0.6) is 0 Å². The molecule has 0 aromatic heterocycles. The van der Waals surface area contributed by atoms with Crippen LogP contribution in [0.1, 0.15) is 37.7 Å². The molecule has 0 atom stereocenters. The molecule has 0 spiro atoms. The van der Waals surface area contributed by atoms with Gasteiger partial charge >= 0.3 is 6.18 Å². The molecule has 1 aromatic carbocycles. The summed E-state index contributed by atoms with van der Waals surface area (Å²) in [5.41, 5.74) is -1.34. The Morgan fingerprint density at radius 3 is 2.40 bits per heavy atom. The number of alkyl halides is 3. The molecule has 0 heterocycles. The quantitative estimate of drug-likeness (QED) is 0.863. The highest BCUT2D eigenvalue weighted by Gasteiger charge is 2.32. The second kappa shape index (κ2) is 5.82. The van der Waals surface area contributed by atoms with Crippen molar-refractivity contribution >= 4 is 17.3 Å². The molecule has 1 aliphatic carbocycles. The molecule has 0 unspecified atom stereocenters. The number of anilines is 1. The molecule has 20 heavy (non-hydrogen) atoms. The highest BCUT2D eigenvalue weighted by atomic mass is 35.5. The van der Waals surface area contributed by atoms with Crippen LogP contribution < -0.4 is 5.32 Å². The second-order valence-electron chi connectivity index (χ2n) is 5.36. The van der Waals surface area contributed by atoms with Gasteiger partial charge in [0.25, 0.3) is 0 Å². The van der Waals surface area contributed by atoms with Gasteiger partial charge in [-0.15, -0.1) is 0 Å². The van der Waals surface area contributed by atoms with Crippen molar-refractivity contribution in [3.63, 3.8) is 0 Å². The van der Waals surface area contributed by atoms with Gasteiger partial charge in [-0.25, -0.2) is 0 Å². The summed E-state index contributed by atoms with van der Waals surface area (Å²) < 4.78 is 38.0. The topological polar surface area (TPSA) is 32.3 Å². The van der Waals surface area contributed by atoms with Gasteiger partial charge < -0.3 is 10.4 Å². The third kappa shape index (κ3) is 4.03. The van der Waals surface area contributed by atoms with Crippen LogP contribution in [0.25, 0.3) is 0 Å². The predicted octanol–water partition coefficient (Wildman–Crippen LogP) is 4.47. The standard InChI is InChI=1S/C14H17ClF3NO/c15-11-6-10(14(16,17)18)7-12(8-11)19-9-13(20)4-2-1-3-5-13/h6-8,19-20H,1-5,9H2. The van der Waals surface area contributed by atoms with E-state index in [1.807, 2.05) is 0 Å². The maximum atomic E-state index is 12.7. The summed E-state index contributed by atoms with van der Waals surface area (Å²) in [6, 6.07) is 3.34. The molecule has 2 N–H and O–H groups in total. The van der Waals surface area contributed by atoms with Gasteiger partial charge in [-0.2, -0.15) is 13.2 Å². The van der Waals surface area contributed by atoms with Gasteiger partial charge in [0.1, 0.15) is 0 Å². The predicted molar refractivity (Wildman–Crippen MR) is 73.0 cm³/mol. The zero-order chi connectivity index (χ0) is 14.8. The van der Waals surface area contributed by atoms with Crippen LogP contribution in [0.3, 0.4) is 0 Å². The first-order valence-electron chi connectivity index (χ1n) is 6.63. The zero-order valence-electron chi connectivity index (χ0n) is 10.9. The number of nitrogens with one attached hydrogen (secondary N) is 1. The lowest BCUT2D eigenvalue weighted by molar-refractivity contribution is -0.137. The van der Waals surface area contributed by atoms with Crippen molar-refractivity contribution in [3.05, 3.63) is 28.8 Å². The lowest BCUT2D eigenvalue weighted by atomic mass is 9.85. The van der Waals surface area contributed by atoms with Gasteiger partial charge in [0.15, 0.2) is 0 Å². The van der Waals surface area contributed by atoms with Gasteiger partial charge in [-0.05, 0) is 31.0 Å². The molecule has 112 valence electrons. The van der Waals surface area contributed by atoms with Crippen molar-refractivity contribution in [2.45, 2.75) is 43.9 Å². The van der Waals surface area contributed by atoms with E-state index in [1.165, 1.54) is 6.07 Å². The summed E-state index contributed by atoms with van der Waals surface area (Å²) in [4.78, 5) is 0. The van der Waals surface area contributed by atoms with Crippen LogP contribution in [-0.4, -0.2) is 17.3 Å². The maximum absolute atomic E-state index is 12.7. The highest BCUT2D eigenvalue weighted by molar-refractivity contribution is 6.30. The fourth-order valence-corrected chi connectivity index (χ4v) is 2.74. The molecular weight excluding hydrogens is 291 g/mol. The van der Waals surface area contributed by atoms with E-state index in [2.05, 4.69) is 5.32 Å². The van der Waals surface area contributed by atoms with Crippen molar-refractivity contribution in [2.75, 3.05) is 11.9 Å². The van der Waals surface area contributed by atoms with E-state index < -0.39 is 17.3 Å². The summed E-state index contributed by atoms with van der Waals surface area (Å²) in [5, 5.41) is 13.2. The van der Waals surface area contributed by atoms with E-state index in [-0.39, 0.29) is 17.3 Å². The fraction of sp³-hybridized carbons (Fsp3) is 0.571. The molecule has 1 aliphatic rings. The van der Waals surface area contributed by atoms with Crippen molar-refractivity contribution in [1.29, 1.82) is 0 Å². The highest BCUT2D eigenvalue weighted by Crippen LogP contribution is 2.34. The normalized spacial score (nSPS) is 18.9. The lowest BCUT2D eigenvalue weighted by Crippen LogP contribution is -2.38. The zero-order valence-corrected chi connectivity index (χ0v) is 11.7. The summed E-state index contributed by atoms with van der Waals surface area (Å²) in [6.45, 7) is 0.241. The third-order valence-corrected chi connectivity index (χ3v) is 3.85. The first-order chi connectivity index (χ1) is 9.28. The summed E-state index contributed by atoms with van der Waals surface area (Å²) in [5.74, 6) is 0. The molecule has 0 aliphatic heterocycles. The second-order valence-corrected chi connectivity index (χ2v) is 5.80. The van der Waals surface area contributed by atoms with E-state index in [4.69, 9.17) is 11.6 Å². The lowest BCUT2D eigenvalue weighted by Gasteiger charge is -2.32. The Morgan fingerprint density at radius 1 is 1.15 bits per heavy atom. The summed E-state index contributed by atoms with van der Waals surface area (Å²) in [7, 11) is 0. The van der Waals surface area contributed by atoms with Gasteiger partial charge in [0, 0.05) is 17.3 Å². The minimum absolute atomic E-state index is 0.0259. The number of benzene rings is 1. The van der Waals surface area contributed by atoms with Crippen LogP contribution in [0.15, 0.2) is 18.2 Å². The number of halogens is 4. The van der Waals surface area contributed by atoms with Gasteiger partial charge in [0.2, 0.25) is 0 Å². The van der Waals surface area contributed by atoms with Crippen molar-refractivity contribution in [2.24, 2.45) is 0 Å². The summed E-state index contributed by atoms with van der Waals surface area (Å²) >= 11 is 5.71. The van der Waals surface area contributed by atoms with E-state index in [1.54, 1.807) is 0 Å². The molecule has 1 saturated carbocycles. The van der Waals surface area contributed by atoms with Crippen molar-refractivity contribution in [1.82, 2.24) is 0 Å². The Kier molecular flexibility index (Phi) is 4.49. The van der Waals surface area contributed by atoms with E-state index >= 15 is 0 Å². The molecule has 2 rings (SSSR count). The average molecular weight is 308 g/mol. The molecule has 1 fully saturated rings. The molecule has 2 nitrogen and oxygen atoms in total. The van der Waals surface area contributed by atoms with E-state index in [0.717, 1.165) is 31.4 Å². The third-order valence-electron chi connectivity index (χ3n) is 3.63. The van der Waals surface area contributed by atoms with Gasteiger partial charge in [0.05, 0.1) is 11.2 Å². The van der Waals surface area contributed by atoms with Crippen LogP contribution in [-0.2, 0) is 6.18 Å². The first-order valence-corrected chi connectivity index (χ1v) is 7.00. The molecule has 0 saturated heterocycles. The Bertz CT molecular complexity index is 470. The minimum atomic E-state index is -4.43. The smallest absolute Gasteiger partial charge is 0.388 e. The minimum Gasteiger partial charge on any atom is -0.388 e. The Labute approximate surface area is 120 Å². The Morgan fingerprint density at radius 2 is 1.80 bits per heavy atom. The first kappa shape index (κ1) is 15.4. The number of rotatable bonds is 3. The van der Waals surface area contributed by atoms with E-state index in [9.17, 15) is 18.3 Å². The monoisotopic (exact) mass is 307 g/mol. The van der Waals surface area contributed by atoms with Crippen LogP contribution in [0.2, 0.25) is 5.02 Å². The Balaban J connectivity index is 2.07. The fourth-order valence-electron chi connectivity index (χ4n) is 2.51. The van der Waals surface area contributed by atoms with Crippen LogP contribution >= 0.6 is 11.6 Å².